The van der Waals surface area contributed by atoms with Gasteiger partial charge in [-0.15, -0.1) is 0 Å². The molecule has 0 amide bonds. The van der Waals surface area contributed by atoms with Crippen molar-refractivity contribution < 1.29 is 4.21 Å². The van der Waals surface area contributed by atoms with E-state index >= 15 is 0 Å². The second-order valence-electron chi connectivity index (χ2n) is 9.59. The van der Waals surface area contributed by atoms with Crippen molar-refractivity contribution >= 4 is 22.1 Å². The van der Waals surface area contributed by atoms with Gasteiger partial charge in [-0.1, -0.05) is 32.6 Å². The summed E-state index contributed by atoms with van der Waals surface area (Å²) in [5.41, 5.74) is 5.50. The molecule has 2 aromatic heterocycles. The fourth-order valence-electron chi connectivity index (χ4n) is 5.23. The normalized spacial score (nSPS) is 24.7. The standard InChI is InChI=1S/C26H30N4OS/c1-16-9-11-21-24(14-27)23(13-22(18-5-3-6-18)17(2)26(21)29-16)25-12-10-20(15-28-25)32(31)30-19-7-4-8-19/h9-12,15,17-19,22,30H,3-8,13H2,1-2H3. The second kappa shape index (κ2) is 8.88. The van der Waals surface area contributed by atoms with Crippen molar-refractivity contribution in [3.8, 4) is 6.07 Å². The zero-order valence-corrected chi connectivity index (χ0v) is 19.6. The van der Waals surface area contributed by atoms with Crippen LogP contribution in [0.1, 0.15) is 80.4 Å². The average Bonchev–Trinajstić information content (AvgIpc) is 2.84. The van der Waals surface area contributed by atoms with Crippen LogP contribution in [-0.2, 0) is 11.0 Å². The molecular formula is C26H30N4OS. The first-order chi connectivity index (χ1) is 15.5. The third kappa shape index (κ3) is 3.93. The maximum absolute atomic E-state index is 12.6. The van der Waals surface area contributed by atoms with Gasteiger partial charge in [0.05, 0.1) is 21.9 Å². The van der Waals surface area contributed by atoms with Crippen LogP contribution in [0.5, 0.6) is 0 Å². The van der Waals surface area contributed by atoms with Crippen LogP contribution in [0.3, 0.4) is 0 Å². The number of nitrogens with zero attached hydrogens (tertiary/aromatic N) is 3. The Morgan fingerprint density at radius 1 is 1.12 bits per heavy atom. The molecule has 2 fully saturated rings. The molecule has 0 bridgehead atoms. The summed E-state index contributed by atoms with van der Waals surface area (Å²) in [6.45, 7) is 4.29. The molecule has 2 aromatic rings. The lowest BCUT2D eigenvalue weighted by Crippen LogP contribution is -2.36. The second-order valence-corrected chi connectivity index (χ2v) is 10.8. The van der Waals surface area contributed by atoms with E-state index in [0.29, 0.717) is 34.3 Å². The van der Waals surface area contributed by atoms with Crippen molar-refractivity contribution in [3.63, 3.8) is 0 Å². The first-order valence-corrected chi connectivity index (χ1v) is 13.0. The minimum absolute atomic E-state index is 0.300. The number of fused-ring (bicyclic) bond motifs is 1. The number of nitriles is 1. The number of pyridine rings is 2. The smallest absolute Gasteiger partial charge is 0.126 e. The van der Waals surface area contributed by atoms with Crippen LogP contribution in [0.2, 0.25) is 0 Å². The van der Waals surface area contributed by atoms with Crippen molar-refractivity contribution in [2.75, 3.05) is 0 Å². The molecule has 32 heavy (non-hydrogen) atoms. The summed E-state index contributed by atoms with van der Waals surface area (Å²) >= 11 is 0. The van der Waals surface area contributed by atoms with Gasteiger partial charge in [-0.2, -0.15) is 5.26 Å². The lowest BCUT2D eigenvalue weighted by atomic mass is 9.68. The number of rotatable bonds is 5. The molecule has 5 rings (SSSR count). The largest absolute Gasteiger partial charge is 0.257 e. The zero-order chi connectivity index (χ0) is 22.2. The summed E-state index contributed by atoms with van der Waals surface area (Å²) < 4.78 is 15.8. The molecule has 3 unspecified atom stereocenters. The molecule has 0 aliphatic heterocycles. The zero-order valence-electron chi connectivity index (χ0n) is 18.8. The van der Waals surface area contributed by atoms with Gasteiger partial charge in [0.2, 0.25) is 0 Å². The maximum atomic E-state index is 12.6. The highest BCUT2D eigenvalue weighted by molar-refractivity contribution is 7.83. The van der Waals surface area contributed by atoms with Crippen molar-refractivity contribution in [2.45, 2.75) is 75.6 Å². The van der Waals surface area contributed by atoms with Gasteiger partial charge in [0.15, 0.2) is 0 Å². The Balaban J connectivity index is 1.53. The monoisotopic (exact) mass is 446 g/mol. The summed E-state index contributed by atoms with van der Waals surface area (Å²) in [6, 6.07) is 10.7. The highest BCUT2D eigenvalue weighted by atomic mass is 32.2. The fourth-order valence-corrected chi connectivity index (χ4v) is 6.25. The Morgan fingerprint density at radius 3 is 2.50 bits per heavy atom. The van der Waals surface area contributed by atoms with Gasteiger partial charge in [0.1, 0.15) is 17.1 Å². The number of hydrogen-bond donors (Lipinski definition) is 1. The van der Waals surface area contributed by atoms with E-state index in [1.54, 1.807) is 6.20 Å². The molecule has 3 atom stereocenters. The van der Waals surface area contributed by atoms with E-state index in [4.69, 9.17) is 9.97 Å². The van der Waals surface area contributed by atoms with E-state index in [-0.39, 0.29) is 0 Å². The van der Waals surface area contributed by atoms with E-state index in [1.807, 2.05) is 25.1 Å². The Morgan fingerprint density at radius 2 is 1.91 bits per heavy atom. The molecule has 2 saturated carbocycles. The third-order valence-electron chi connectivity index (χ3n) is 7.65. The molecule has 5 nitrogen and oxygen atoms in total. The van der Waals surface area contributed by atoms with Crippen LogP contribution >= 0.6 is 0 Å². The fraction of sp³-hybridized carbons (Fsp3) is 0.500. The lowest BCUT2D eigenvalue weighted by Gasteiger charge is -2.37. The van der Waals surface area contributed by atoms with Gasteiger partial charge >= 0.3 is 0 Å². The third-order valence-corrected chi connectivity index (χ3v) is 8.87. The number of allylic oxidation sites excluding steroid dienone is 2. The Labute approximate surface area is 193 Å². The first kappa shape index (κ1) is 21.5. The first-order valence-electron chi connectivity index (χ1n) is 11.8. The SMILES string of the molecule is Cc1ccc2c(n1)C(C)C(C1CCC1)CC(c1ccc(S(=O)NC3CCC3)cn1)=C2C#N. The minimum atomic E-state index is -1.24. The molecule has 0 aromatic carbocycles. The molecule has 3 aliphatic carbocycles. The molecule has 2 heterocycles. The van der Waals surface area contributed by atoms with Crippen LogP contribution in [-0.4, -0.2) is 20.2 Å². The van der Waals surface area contributed by atoms with Crippen LogP contribution in [0.25, 0.3) is 11.1 Å². The number of aromatic nitrogens is 2. The van der Waals surface area contributed by atoms with Crippen LogP contribution in [0, 0.1) is 30.1 Å². The van der Waals surface area contributed by atoms with E-state index in [1.165, 1.54) is 25.7 Å². The highest BCUT2D eigenvalue weighted by Gasteiger charge is 2.37. The van der Waals surface area contributed by atoms with Gasteiger partial charge in [-0.25, -0.2) is 8.93 Å². The van der Waals surface area contributed by atoms with Gasteiger partial charge in [0.25, 0.3) is 0 Å². The van der Waals surface area contributed by atoms with E-state index < -0.39 is 11.0 Å². The Kier molecular flexibility index (Phi) is 5.96. The van der Waals surface area contributed by atoms with E-state index in [0.717, 1.165) is 47.5 Å². The van der Waals surface area contributed by atoms with Gasteiger partial charge in [0, 0.05) is 29.4 Å². The van der Waals surface area contributed by atoms with Crippen molar-refractivity contribution in [1.82, 2.24) is 14.7 Å². The quantitative estimate of drug-likeness (QED) is 0.675. The summed E-state index contributed by atoms with van der Waals surface area (Å²) in [6.07, 6.45) is 9.71. The molecule has 0 radical (unpaired) electrons. The van der Waals surface area contributed by atoms with Crippen LogP contribution < -0.4 is 4.72 Å². The molecule has 1 N–H and O–H groups in total. The number of aryl methyl sites for hydroxylation is 1. The molecule has 166 valence electrons. The predicted molar refractivity (Wildman–Crippen MR) is 127 cm³/mol. The van der Waals surface area contributed by atoms with Crippen LogP contribution in [0.15, 0.2) is 35.4 Å². The number of nitrogens with one attached hydrogen (secondary N) is 1. The predicted octanol–water partition coefficient (Wildman–Crippen LogP) is 5.31. The van der Waals surface area contributed by atoms with Crippen LogP contribution in [0.4, 0.5) is 0 Å². The average molecular weight is 447 g/mol. The lowest BCUT2D eigenvalue weighted by molar-refractivity contribution is 0.184. The van der Waals surface area contributed by atoms with E-state index in [9.17, 15) is 9.47 Å². The Bertz CT molecular complexity index is 1110. The van der Waals surface area contributed by atoms with Gasteiger partial charge < -0.3 is 0 Å². The number of hydrogen-bond acceptors (Lipinski definition) is 4. The molecule has 6 heteroatoms. The van der Waals surface area contributed by atoms with Gasteiger partial charge in [-0.05, 0) is 67.9 Å². The summed E-state index contributed by atoms with van der Waals surface area (Å²) in [5, 5.41) is 10.2. The van der Waals surface area contributed by atoms with Crippen molar-refractivity contribution in [1.29, 1.82) is 5.26 Å². The maximum Gasteiger partial charge on any atom is 0.126 e. The van der Waals surface area contributed by atoms with E-state index in [2.05, 4.69) is 23.8 Å². The van der Waals surface area contributed by atoms with Crippen molar-refractivity contribution in [2.24, 2.45) is 11.8 Å². The summed E-state index contributed by atoms with van der Waals surface area (Å²) in [4.78, 5) is 10.3. The molecule has 0 spiro atoms. The molecule has 0 saturated heterocycles. The molecule has 3 aliphatic rings. The Hall–Kier alpha value is -2.36. The van der Waals surface area contributed by atoms with Gasteiger partial charge in [-0.3, -0.25) is 9.97 Å². The minimum Gasteiger partial charge on any atom is -0.257 e. The summed E-state index contributed by atoms with van der Waals surface area (Å²) in [7, 11) is -1.24. The summed E-state index contributed by atoms with van der Waals surface area (Å²) in [5.74, 6) is 1.43. The topological polar surface area (TPSA) is 78.7 Å². The van der Waals surface area contributed by atoms with Crippen molar-refractivity contribution in [3.05, 3.63) is 53.1 Å². The molecular weight excluding hydrogens is 416 g/mol. The highest BCUT2D eigenvalue weighted by Crippen LogP contribution is 2.49.